The van der Waals surface area contributed by atoms with Gasteiger partial charge in [-0.2, -0.15) is 0 Å². The van der Waals surface area contributed by atoms with E-state index in [1.165, 1.54) is 12.1 Å². The summed E-state index contributed by atoms with van der Waals surface area (Å²) in [5.41, 5.74) is -0.535. The molecule has 0 saturated heterocycles. The third-order valence-corrected chi connectivity index (χ3v) is 4.67. The second-order valence-corrected chi connectivity index (χ2v) is 8.26. The Morgan fingerprint density at radius 3 is 2.36 bits per heavy atom. The molecule has 1 atom stereocenters. The fraction of sp³-hybridized carbons (Fsp3) is 0.562. The maximum atomic E-state index is 12.1. The van der Waals surface area contributed by atoms with Crippen molar-refractivity contribution in [2.45, 2.75) is 56.6 Å². The molecule has 0 aromatic heterocycles. The van der Waals surface area contributed by atoms with Crippen LogP contribution >= 0.6 is 0 Å². The van der Waals surface area contributed by atoms with Gasteiger partial charge in [0.25, 0.3) is 0 Å². The molecule has 1 rings (SSSR count). The molecule has 1 aromatic rings. The number of rotatable bonds is 7. The van der Waals surface area contributed by atoms with E-state index in [9.17, 15) is 18.3 Å². The smallest absolute Gasteiger partial charge is 0.306 e. The van der Waals surface area contributed by atoms with Crippen molar-refractivity contribution in [2.75, 3.05) is 5.75 Å². The van der Waals surface area contributed by atoms with E-state index in [0.717, 1.165) is 0 Å². The maximum absolute atomic E-state index is 12.1. The summed E-state index contributed by atoms with van der Waals surface area (Å²) in [4.78, 5) is 11.7. The number of aliphatic hydroxyl groups excluding tert-OH is 1. The van der Waals surface area contributed by atoms with Crippen LogP contribution in [0.2, 0.25) is 0 Å². The van der Waals surface area contributed by atoms with E-state index in [-0.39, 0.29) is 29.5 Å². The Kier molecular flexibility index (Phi) is 6.56. The van der Waals surface area contributed by atoms with Gasteiger partial charge in [0.2, 0.25) is 0 Å². The van der Waals surface area contributed by atoms with Gasteiger partial charge in [-0.3, -0.25) is 4.79 Å². The number of ether oxygens (including phenoxy) is 1. The number of carbonyl (C=O) groups excluding carboxylic acids is 1. The Hall–Kier alpha value is -1.40. The zero-order valence-corrected chi connectivity index (χ0v) is 14.1. The molecule has 124 valence electrons. The lowest BCUT2D eigenvalue weighted by atomic mass is 10.1. The molecule has 0 aliphatic rings. The first kappa shape index (κ1) is 18.6. The Bertz CT molecular complexity index is 572. The summed E-state index contributed by atoms with van der Waals surface area (Å²) >= 11 is 0. The van der Waals surface area contributed by atoms with E-state index >= 15 is 0 Å². The largest absolute Gasteiger partial charge is 0.460 e. The molecule has 0 spiro atoms. The average Bonchev–Trinajstić information content (AvgIpc) is 2.37. The highest BCUT2D eigenvalue weighted by Crippen LogP contribution is 2.15. The molecular weight excluding hydrogens is 304 g/mol. The number of carbonyl (C=O) groups is 1. The summed E-state index contributed by atoms with van der Waals surface area (Å²) in [7, 11) is -3.51. The SMILES string of the molecule is CC(C)(C)OC(=O)CCCC(O)CS(=O)(=O)c1ccccc1. The molecule has 0 aliphatic heterocycles. The molecule has 0 bridgehead atoms. The van der Waals surface area contributed by atoms with E-state index in [2.05, 4.69) is 0 Å². The van der Waals surface area contributed by atoms with Crippen molar-refractivity contribution in [2.24, 2.45) is 0 Å². The second kappa shape index (κ2) is 7.74. The topological polar surface area (TPSA) is 80.7 Å². The minimum Gasteiger partial charge on any atom is -0.460 e. The van der Waals surface area contributed by atoms with Gasteiger partial charge in [0, 0.05) is 6.42 Å². The number of esters is 1. The standard InChI is InChI=1S/C16H24O5S/c1-16(2,3)21-15(18)11-7-8-13(17)12-22(19,20)14-9-5-4-6-10-14/h4-6,9-10,13,17H,7-8,11-12H2,1-3H3. The summed E-state index contributed by atoms with van der Waals surface area (Å²) in [5, 5.41) is 9.86. The fourth-order valence-electron chi connectivity index (χ4n) is 1.94. The zero-order valence-electron chi connectivity index (χ0n) is 13.3. The number of benzene rings is 1. The van der Waals surface area contributed by atoms with Crippen LogP contribution in [0, 0.1) is 0 Å². The highest BCUT2D eigenvalue weighted by Gasteiger charge is 2.20. The number of sulfone groups is 1. The lowest BCUT2D eigenvalue weighted by molar-refractivity contribution is -0.155. The predicted octanol–water partition coefficient (Wildman–Crippen LogP) is 2.33. The van der Waals surface area contributed by atoms with Crippen molar-refractivity contribution in [1.29, 1.82) is 0 Å². The van der Waals surface area contributed by atoms with Crippen molar-refractivity contribution < 1.29 is 23.1 Å². The Labute approximate surface area is 132 Å². The molecule has 6 heteroatoms. The first-order valence-corrected chi connectivity index (χ1v) is 8.93. The normalized spacial score (nSPS) is 13.6. The molecule has 0 aliphatic carbocycles. The molecule has 22 heavy (non-hydrogen) atoms. The van der Waals surface area contributed by atoms with Gasteiger partial charge in [-0.1, -0.05) is 18.2 Å². The molecule has 5 nitrogen and oxygen atoms in total. The Morgan fingerprint density at radius 1 is 1.23 bits per heavy atom. The van der Waals surface area contributed by atoms with E-state index in [1.54, 1.807) is 39.0 Å². The van der Waals surface area contributed by atoms with Crippen LogP contribution in [0.15, 0.2) is 35.2 Å². The summed E-state index contributed by atoms with van der Waals surface area (Å²) in [5.74, 6) is -0.684. The average molecular weight is 328 g/mol. The van der Waals surface area contributed by atoms with Gasteiger partial charge in [-0.25, -0.2) is 8.42 Å². The van der Waals surface area contributed by atoms with E-state index in [1.807, 2.05) is 0 Å². The van der Waals surface area contributed by atoms with Crippen LogP contribution in [0.3, 0.4) is 0 Å². The summed E-state index contributed by atoms with van der Waals surface area (Å²) in [6, 6.07) is 8.02. The van der Waals surface area contributed by atoms with E-state index in [4.69, 9.17) is 4.74 Å². The molecule has 0 heterocycles. The first-order chi connectivity index (χ1) is 10.1. The Morgan fingerprint density at radius 2 is 1.82 bits per heavy atom. The van der Waals surface area contributed by atoms with Gasteiger partial charge in [0.15, 0.2) is 9.84 Å². The van der Waals surface area contributed by atoms with E-state index < -0.39 is 21.5 Å². The van der Waals surface area contributed by atoms with Crippen molar-refractivity contribution >= 4 is 15.8 Å². The fourth-order valence-corrected chi connectivity index (χ4v) is 3.37. The van der Waals surface area contributed by atoms with Crippen molar-refractivity contribution in [1.82, 2.24) is 0 Å². The predicted molar refractivity (Wildman–Crippen MR) is 84.2 cm³/mol. The summed E-state index contributed by atoms with van der Waals surface area (Å²) in [6.07, 6.45) is -0.196. The molecule has 0 saturated carbocycles. The minimum absolute atomic E-state index is 0.166. The van der Waals surface area contributed by atoms with Crippen LogP contribution < -0.4 is 0 Å². The third-order valence-electron chi connectivity index (χ3n) is 2.85. The van der Waals surface area contributed by atoms with Crippen LogP contribution in [-0.2, 0) is 19.4 Å². The highest BCUT2D eigenvalue weighted by atomic mass is 32.2. The Balaban J connectivity index is 2.41. The van der Waals surface area contributed by atoms with Gasteiger partial charge >= 0.3 is 5.97 Å². The van der Waals surface area contributed by atoms with Crippen LogP contribution in [0.1, 0.15) is 40.0 Å². The van der Waals surface area contributed by atoms with Crippen LogP contribution in [0.25, 0.3) is 0 Å². The van der Waals surface area contributed by atoms with Crippen LogP contribution in [0.4, 0.5) is 0 Å². The van der Waals surface area contributed by atoms with Crippen molar-refractivity contribution in [3.8, 4) is 0 Å². The molecular formula is C16H24O5S. The van der Waals surface area contributed by atoms with Crippen LogP contribution in [0.5, 0.6) is 0 Å². The molecule has 1 aromatic carbocycles. The molecule has 0 fully saturated rings. The van der Waals surface area contributed by atoms with E-state index in [0.29, 0.717) is 6.42 Å². The quantitative estimate of drug-likeness (QED) is 0.777. The van der Waals surface area contributed by atoms with Gasteiger partial charge in [-0.15, -0.1) is 0 Å². The zero-order chi connectivity index (χ0) is 16.8. The van der Waals surface area contributed by atoms with Gasteiger partial charge in [0.1, 0.15) is 5.60 Å². The molecule has 1 N–H and O–H groups in total. The minimum atomic E-state index is -3.51. The van der Waals surface area contributed by atoms with Gasteiger partial charge < -0.3 is 9.84 Å². The van der Waals surface area contributed by atoms with Crippen molar-refractivity contribution in [3.05, 3.63) is 30.3 Å². The number of hydrogen-bond donors (Lipinski definition) is 1. The second-order valence-electron chi connectivity index (χ2n) is 6.23. The number of hydrogen-bond acceptors (Lipinski definition) is 5. The lowest BCUT2D eigenvalue weighted by Gasteiger charge is -2.19. The summed E-state index contributed by atoms with van der Waals surface area (Å²) < 4.78 is 29.3. The van der Waals surface area contributed by atoms with Crippen molar-refractivity contribution in [3.63, 3.8) is 0 Å². The number of aliphatic hydroxyl groups is 1. The van der Waals surface area contributed by atoms with Gasteiger partial charge in [0.05, 0.1) is 16.8 Å². The van der Waals surface area contributed by atoms with Crippen LogP contribution in [-0.4, -0.2) is 37.0 Å². The molecule has 0 amide bonds. The lowest BCUT2D eigenvalue weighted by Crippen LogP contribution is -2.24. The summed E-state index contributed by atoms with van der Waals surface area (Å²) in [6.45, 7) is 5.35. The third kappa shape index (κ3) is 7.04. The molecule has 0 radical (unpaired) electrons. The maximum Gasteiger partial charge on any atom is 0.306 e. The molecule has 1 unspecified atom stereocenters. The highest BCUT2D eigenvalue weighted by molar-refractivity contribution is 7.91. The first-order valence-electron chi connectivity index (χ1n) is 7.28. The van der Waals surface area contributed by atoms with Gasteiger partial charge in [-0.05, 0) is 45.7 Å². The monoisotopic (exact) mass is 328 g/mol.